The van der Waals surface area contributed by atoms with Gasteiger partial charge in [-0.25, -0.2) is 0 Å². The maximum Gasteiger partial charge on any atom is 0.0929 e. The van der Waals surface area contributed by atoms with Gasteiger partial charge in [-0.2, -0.15) is 8.75 Å². The van der Waals surface area contributed by atoms with Crippen molar-refractivity contribution in [2.75, 3.05) is 0 Å². The third kappa shape index (κ3) is 2.76. The predicted octanol–water partition coefficient (Wildman–Crippen LogP) is 1.94. The van der Waals surface area contributed by atoms with E-state index < -0.39 is 0 Å². The van der Waals surface area contributed by atoms with Crippen LogP contribution in [0.25, 0.3) is 0 Å². The average molecular weight is 255 g/mol. The van der Waals surface area contributed by atoms with E-state index >= 15 is 0 Å². The molecular formula is C10H11ClN4S. The molecule has 4 nitrogen and oxygen atoms in total. The van der Waals surface area contributed by atoms with Crippen LogP contribution in [-0.4, -0.2) is 8.75 Å². The first-order valence-corrected chi connectivity index (χ1v) is 5.88. The summed E-state index contributed by atoms with van der Waals surface area (Å²) in [5, 5.41) is 0.727. The molecule has 0 radical (unpaired) electrons. The molecule has 1 atom stereocenters. The van der Waals surface area contributed by atoms with Crippen LogP contribution in [0.4, 0.5) is 0 Å². The second-order valence-electron chi connectivity index (χ2n) is 3.39. The Labute approximate surface area is 103 Å². The van der Waals surface area contributed by atoms with Crippen LogP contribution in [-0.2, 0) is 6.42 Å². The lowest BCUT2D eigenvalue weighted by Crippen LogP contribution is -2.29. The Kier molecular flexibility index (Phi) is 3.84. The van der Waals surface area contributed by atoms with E-state index in [0.717, 1.165) is 22.7 Å². The normalized spacial score (nSPS) is 12.6. The molecule has 1 unspecified atom stereocenters. The highest BCUT2D eigenvalue weighted by Crippen LogP contribution is 2.18. The molecular weight excluding hydrogens is 244 g/mol. The van der Waals surface area contributed by atoms with Gasteiger partial charge in [-0.1, -0.05) is 23.7 Å². The average Bonchev–Trinajstić information content (AvgIpc) is 2.79. The van der Waals surface area contributed by atoms with Gasteiger partial charge in [0.15, 0.2) is 0 Å². The van der Waals surface area contributed by atoms with E-state index in [4.69, 9.17) is 17.4 Å². The number of nitrogens with zero attached hydrogens (tertiary/aromatic N) is 2. The van der Waals surface area contributed by atoms with E-state index in [-0.39, 0.29) is 6.04 Å². The Morgan fingerprint density at radius 2 is 2.38 bits per heavy atom. The number of hydrogen-bond acceptors (Lipinski definition) is 5. The van der Waals surface area contributed by atoms with Crippen molar-refractivity contribution < 1.29 is 0 Å². The minimum absolute atomic E-state index is 0.0304. The number of benzene rings is 1. The molecule has 0 bridgehead atoms. The number of hydrogen-bond donors (Lipinski definition) is 2. The first kappa shape index (κ1) is 11.5. The van der Waals surface area contributed by atoms with Crippen LogP contribution in [0.2, 0.25) is 5.02 Å². The van der Waals surface area contributed by atoms with E-state index in [1.807, 2.05) is 24.3 Å². The largest absolute Gasteiger partial charge is 0.271 e. The smallest absolute Gasteiger partial charge is 0.0929 e. The fourth-order valence-corrected chi connectivity index (χ4v) is 2.16. The van der Waals surface area contributed by atoms with Gasteiger partial charge in [-0.05, 0) is 24.1 Å². The fraction of sp³-hybridized carbons (Fsp3) is 0.200. The van der Waals surface area contributed by atoms with E-state index in [0.29, 0.717) is 0 Å². The van der Waals surface area contributed by atoms with Crippen molar-refractivity contribution in [1.29, 1.82) is 0 Å². The van der Waals surface area contributed by atoms with Gasteiger partial charge in [0.2, 0.25) is 0 Å². The molecule has 6 heteroatoms. The summed E-state index contributed by atoms with van der Waals surface area (Å²) in [5.41, 5.74) is 4.70. The quantitative estimate of drug-likeness (QED) is 0.647. The first-order valence-electron chi connectivity index (χ1n) is 4.77. The molecule has 1 aromatic carbocycles. The van der Waals surface area contributed by atoms with Gasteiger partial charge >= 0.3 is 0 Å². The standard InChI is InChI=1S/C10H11ClN4S/c11-8-3-1-2-7(4-8)5-9(14-12)10-6-13-16-15-10/h1-4,6,9,14H,5,12H2. The van der Waals surface area contributed by atoms with Crippen LogP contribution in [0.1, 0.15) is 17.3 Å². The monoisotopic (exact) mass is 254 g/mol. The molecule has 16 heavy (non-hydrogen) atoms. The molecule has 0 saturated heterocycles. The van der Waals surface area contributed by atoms with Gasteiger partial charge < -0.3 is 0 Å². The Balaban J connectivity index is 2.13. The molecule has 84 valence electrons. The third-order valence-corrected chi connectivity index (χ3v) is 2.99. The lowest BCUT2D eigenvalue weighted by Gasteiger charge is -2.12. The third-order valence-electron chi connectivity index (χ3n) is 2.27. The Morgan fingerprint density at radius 1 is 1.50 bits per heavy atom. The summed E-state index contributed by atoms with van der Waals surface area (Å²) in [7, 11) is 0. The van der Waals surface area contributed by atoms with Crippen LogP contribution in [0.5, 0.6) is 0 Å². The van der Waals surface area contributed by atoms with E-state index in [1.165, 1.54) is 11.7 Å². The zero-order valence-corrected chi connectivity index (χ0v) is 10.0. The minimum atomic E-state index is -0.0304. The van der Waals surface area contributed by atoms with Crippen molar-refractivity contribution >= 4 is 23.3 Å². The molecule has 0 amide bonds. The highest BCUT2D eigenvalue weighted by atomic mass is 35.5. The van der Waals surface area contributed by atoms with E-state index in [2.05, 4.69) is 14.2 Å². The molecule has 1 heterocycles. The highest BCUT2D eigenvalue weighted by Gasteiger charge is 2.13. The number of nitrogens with two attached hydrogens (primary N) is 1. The molecule has 0 aliphatic carbocycles. The Morgan fingerprint density at radius 3 is 3.00 bits per heavy atom. The lowest BCUT2D eigenvalue weighted by atomic mass is 10.0. The highest BCUT2D eigenvalue weighted by molar-refractivity contribution is 6.99. The summed E-state index contributed by atoms with van der Waals surface area (Å²) in [6.45, 7) is 0. The van der Waals surface area contributed by atoms with Gasteiger partial charge in [-0.3, -0.25) is 11.3 Å². The Hall–Kier alpha value is -1.01. The van der Waals surface area contributed by atoms with Crippen molar-refractivity contribution in [3.05, 3.63) is 46.7 Å². The van der Waals surface area contributed by atoms with E-state index in [1.54, 1.807) is 6.20 Å². The maximum absolute atomic E-state index is 5.92. The SMILES string of the molecule is NNC(Cc1cccc(Cl)c1)c1cnsn1. The molecule has 0 fully saturated rings. The maximum atomic E-state index is 5.92. The second kappa shape index (κ2) is 5.36. The predicted molar refractivity (Wildman–Crippen MR) is 65.1 cm³/mol. The molecule has 0 aliphatic heterocycles. The summed E-state index contributed by atoms with van der Waals surface area (Å²) in [6.07, 6.45) is 2.46. The summed E-state index contributed by atoms with van der Waals surface area (Å²) in [5.74, 6) is 5.50. The zero-order valence-electron chi connectivity index (χ0n) is 8.43. The van der Waals surface area contributed by atoms with Gasteiger partial charge in [0, 0.05) is 5.02 Å². The molecule has 0 saturated carbocycles. The van der Waals surface area contributed by atoms with Gasteiger partial charge in [0.05, 0.1) is 29.7 Å². The minimum Gasteiger partial charge on any atom is -0.271 e. The van der Waals surface area contributed by atoms with Gasteiger partial charge in [-0.15, -0.1) is 0 Å². The second-order valence-corrected chi connectivity index (χ2v) is 4.38. The van der Waals surface area contributed by atoms with Crippen LogP contribution >= 0.6 is 23.3 Å². The Bertz CT molecular complexity index is 446. The number of halogens is 1. The molecule has 0 aliphatic rings. The number of aromatic nitrogens is 2. The molecule has 1 aromatic heterocycles. The molecule has 2 aromatic rings. The fourth-order valence-electron chi connectivity index (χ4n) is 1.47. The summed E-state index contributed by atoms with van der Waals surface area (Å²) >= 11 is 7.09. The zero-order chi connectivity index (χ0) is 11.4. The van der Waals surface area contributed by atoms with Crippen LogP contribution < -0.4 is 11.3 Å². The van der Waals surface area contributed by atoms with E-state index in [9.17, 15) is 0 Å². The van der Waals surface area contributed by atoms with Crippen molar-refractivity contribution in [1.82, 2.24) is 14.2 Å². The van der Waals surface area contributed by atoms with Crippen molar-refractivity contribution in [2.45, 2.75) is 12.5 Å². The molecule has 3 N–H and O–H groups in total. The topological polar surface area (TPSA) is 63.8 Å². The lowest BCUT2D eigenvalue weighted by molar-refractivity contribution is 0.542. The van der Waals surface area contributed by atoms with Gasteiger partial charge in [0.1, 0.15) is 0 Å². The summed E-state index contributed by atoms with van der Waals surface area (Å²) in [4.78, 5) is 0. The molecule has 0 spiro atoms. The van der Waals surface area contributed by atoms with Crippen molar-refractivity contribution in [2.24, 2.45) is 5.84 Å². The summed E-state index contributed by atoms with van der Waals surface area (Å²) in [6, 6.07) is 7.67. The van der Waals surface area contributed by atoms with Crippen molar-refractivity contribution in [3.8, 4) is 0 Å². The van der Waals surface area contributed by atoms with Gasteiger partial charge in [0.25, 0.3) is 0 Å². The number of hydrazine groups is 1. The van der Waals surface area contributed by atoms with Crippen LogP contribution in [0, 0.1) is 0 Å². The number of nitrogens with one attached hydrogen (secondary N) is 1. The number of rotatable bonds is 4. The van der Waals surface area contributed by atoms with Crippen LogP contribution in [0.3, 0.4) is 0 Å². The van der Waals surface area contributed by atoms with Crippen molar-refractivity contribution in [3.63, 3.8) is 0 Å². The van der Waals surface area contributed by atoms with Crippen LogP contribution in [0.15, 0.2) is 30.5 Å². The first-order chi connectivity index (χ1) is 7.79. The molecule has 2 rings (SSSR count). The summed E-state index contributed by atoms with van der Waals surface area (Å²) < 4.78 is 8.12.